The first-order chi connectivity index (χ1) is 24.3. The summed E-state index contributed by atoms with van der Waals surface area (Å²) in [6.45, 7) is 3.69. The van der Waals surface area contributed by atoms with E-state index in [1.54, 1.807) is 18.2 Å². The Morgan fingerprint density at radius 3 is 2.19 bits per heavy atom. The van der Waals surface area contributed by atoms with Crippen LogP contribution in [0.5, 0.6) is 11.5 Å². The van der Waals surface area contributed by atoms with Gasteiger partial charge in [0.1, 0.15) is 48.7 Å². The lowest BCUT2D eigenvalue weighted by Gasteiger charge is -2.18. The fourth-order valence-corrected chi connectivity index (χ4v) is 8.49. The lowest BCUT2D eigenvalue weighted by Crippen LogP contribution is -2.12. The summed E-state index contributed by atoms with van der Waals surface area (Å²) < 4.78 is 128. The van der Waals surface area contributed by atoms with Crippen molar-refractivity contribution < 1.29 is 57.2 Å². The maximum Gasteiger partial charge on any atom is 0.255 e. The van der Waals surface area contributed by atoms with Crippen LogP contribution >= 0.6 is 0 Å². The molecule has 1 unspecified atom stereocenters. The average Bonchev–Trinajstić information content (AvgIpc) is 3.05. The van der Waals surface area contributed by atoms with Crippen LogP contribution in [0.2, 0.25) is 0 Å². The van der Waals surface area contributed by atoms with Crippen LogP contribution in [-0.2, 0) is 41.4 Å². The molecule has 0 saturated heterocycles. The van der Waals surface area contributed by atoms with Gasteiger partial charge in [-0.2, -0.15) is 0 Å². The van der Waals surface area contributed by atoms with E-state index in [0.717, 1.165) is 30.3 Å². The quantitative estimate of drug-likeness (QED) is 0.0939. The molecule has 2 N–H and O–H groups in total. The highest BCUT2D eigenvalue weighted by Gasteiger charge is 2.23. The lowest BCUT2D eigenvalue weighted by atomic mass is 10.0. The van der Waals surface area contributed by atoms with Crippen molar-refractivity contribution >= 4 is 85.9 Å². The largest absolute Gasteiger partial charge is 0.744 e. The van der Waals surface area contributed by atoms with Crippen molar-refractivity contribution in [3.63, 3.8) is 0 Å². The maximum absolute atomic E-state index is 13.0. The Kier molecular flexibility index (Phi) is 10.8. The standard InChI is InChI=1S/C32H29N3O13S4/c1-18(2)12-13-50(40,41)23-9-10-24-20(15-23)8-11-25(31(24)52(45,46)47)34-35-29-27(51(42,43)44)16-21-14-22(48-49(38)39)17-26(28(21)30(29)36)33-32(37)19-6-4-3-5-7-19/h3-11,14-18,36H,12-13H2,1-2H3,(H,33,37)(H,38,39)(H,42,43,44)(H,45,46,47)/p-3. The number of carbonyl (C=O) groups is 1. The van der Waals surface area contributed by atoms with E-state index in [4.69, 9.17) is 0 Å². The number of carbonyl (C=O) groups excluding carboxylic acids is 1. The van der Waals surface area contributed by atoms with Gasteiger partial charge in [0.2, 0.25) is 0 Å². The molecule has 1 amide bonds. The molecule has 5 aromatic rings. The van der Waals surface area contributed by atoms with Crippen molar-refractivity contribution in [1.82, 2.24) is 0 Å². The summed E-state index contributed by atoms with van der Waals surface area (Å²) in [5, 5.41) is 20.3. The number of aromatic hydroxyl groups is 1. The third-order valence-corrected chi connectivity index (χ3v) is 11.4. The van der Waals surface area contributed by atoms with Gasteiger partial charge in [-0.25, -0.2) is 29.5 Å². The first-order valence-corrected chi connectivity index (χ1v) is 20.3. The molecule has 20 heteroatoms. The van der Waals surface area contributed by atoms with Gasteiger partial charge in [-0.3, -0.25) is 4.79 Å². The number of hydrogen-bond donors (Lipinski definition) is 2. The SMILES string of the molecule is CC(C)CCS(=O)(=O)c1ccc2c(S(=O)(=O)[O-])c(N=Nc3c(S(=O)(=O)[O-])cc4cc(OS(=O)[O-])cc(NC(=O)c5ccccc5)c4c3O)ccc2c1. The van der Waals surface area contributed by atoms with Gasteiger partial charge in [0.15, 0.2) is 15.6 Å². The highest BCUT2D eigenvalue weighted by molar-refractivity contribution is 7.91. The molecule has 0 aromatic heterocycles. The minimum atomic E-state index is -5.52. The van der Waals surface area contributed by atoms with Crippen LogP contribution in [0.15, 0.2) is 104 Å². The number of rotatable bonds is 12. The Hall–Kier alpha value is -4.83. The van der Waals surface area contributed by atoms with Crippen LogP contribution in [0.1, 0.15) is 30.6 Å². The molecule has 0 radical (unpaired) electrons. The van der Waals surface area contributed by atoms with E-state index >= 15 is 0 Å². The Bertz CT molecular complexity index is 2630. The molecule has 274 valence electrons. The number of anilines is 1. The third kappa shape index (κ3) is 8.44. The number of amides is 1. The van der Waals surface area contributed by atoms with Crippen LogP contribution in [0.25, 0.3) is 21.5 Å². The van der Waals surface area contributed by atoms with Gasteiger partial charge in [0, 0.05) is 22.4 Å². The highest BCUT2D eigenvalue weighted by Crippen LogP contribution is 2.46. The molecule has 0 heterocycles. The van der Waals surface area contributed by atoms with E-state index < -0.39 is 80.0 Å². The Morgan fingerprint density at radius 1 is 0.885 bits per heavy atom. The molecule has 0 spiro atoms. The summed E-state index contributed by atoms with van der Waals surface area (Å²) in [5.41, 5.74) is -1.90. The second-order valence-corrected chi connectivity index (χ2v) is 17.0. The van der Waals surface area contributed by atoms with E-state index in [9.17, 15) is 53.0 Å². The molecular weight excluding hydrogens is 763 g/mol. The molecule has 0 aliphatic rings. The molecule has 52 heavy (non-hydrogen) atoms. The van der Waals surface area contributed by atoms with Gasteiger partial charge >= 0.3 is 0 Å². The number of nitrogens with one attached hydrogen (secondary N) is 1. The summed E-state index contributed by atoms with van der Waals surface area (Å²) in [6.07, 6.45) is 0.361. The van der Waals surface area contributed by atoms with Gasteiger partial charge in [-0.05, 0) is 65.6 Å². The van der Waals surface area contributed by atoms with Crippen molar-refractivity contribution in [3.8, 4) is 11.5 Å². The van der Waals surface area contributed by atoms with Crippen molar-refractivity contribution in [3.05, 3.63) is 84.4 Å². The zero-order valence-corrected chi connectivity index (χ0v) is 30.1. The van der Waals surface area contributed by atoms with Gasteiger partial charge in [0.25, 0.3) is 5.91 Å². The molecule has 0 fully saturated rings. The molecule has 0 saturated carbocycles. The fourth-order valence-electron chi connectivity index (χ4n) is 5.17. The van der Waals surface area contributed by atoms with Crippen LogP contribution in [0.4, 0.5) is 17.1 Å². The normalized spacial score (nSPS) is 13.2. The third-order valence-electron chi connectivity index (χ3n) is 7.59. The van der Waals surface area contributed by atoms with Gasteiger partial charge in [0.05, 0.1) is 26.1 Å². The smallest absolute Gasteiger partial charge is 0.255 e. The summed E-state index contributed by atoms with van der Waals surface area (Å²) in [6, 6.07) is 15.8. The van der Waals surface area contributed by atoms with Crippen LogP contribution in [0, 0.1) is 5.92 Å². The summed E-state index contributed by atoms with van der Waals surface area (Å²) in [5.74, 6) is -2.38. The van der Waals surface area contributed by atoms with Crippen molar-refractivity contribution in [2.45, 2.75) is 35.0 Å². The average molecular weight is 789 g/mol. The fraction of sp³-hybridized carbons (Fsp3) is 0.156. The van der Waals surface area contributed by atoms with Gasteiger partial charge in [-0.1, -0.05) is 44.2 Å². The predicted octanol–water partition coefficient (Wildman–Crippen LogP) is 5.17. The van der Waals surface area contributed by atoms with E-state index in [0.29, 0.717) is 12.5 Å². The minimum absolute atomic E-state index is 0.0335. The number of azo groups is 1. The van der Waals surface area contributed by atoms with E-state index in [1.807, 2.05) is 13.8 Å². The number of benzene rings is 5. The maximum atomic E-state index is 13.0. The molecule has 5 aromatic carbocycles. The van der Waals surface area contributed by atoms with Crippen LogP contribution in [-0.4, -0.2) is 59.9 Å². The highest BCUT2D eigenvalue weighted by atomic mass is 32.2. The van der Waals surface area contributed by atoms with E-state index in [-0.39, 0.29) is 49.4 Å². The molecule has 16 nitrogen and oxygen atoms in total. The van der Waals surface area contributed by atoms with Crippen LogP contribution in [0.3, 0.4) is 0 Å². The number of hydrogen-bond acceptors (Lipinski definition) is 15. The summed E-state index contributed by atoms with van der Waals surface area (Å²) >= 11 is -3.14. The molecule has 1 atom stereocenters. The second-order valence-electron chi connectivity index (χ2n) is 11.7. The Labute approximate surface area is 300 Å². The zero-order chi connectivity index (χ0) is 38.2. The molecule has 5 rings (SSSR count). The van der Waals surface area contributed by atoms with Crippen molar-refractivity contribution in [2.75, 3.05) is 11.1 Å². The molecule has 0 aliphatic heterocycles. The Morgan fingerprint density at radius 2 is 1.58 bits per heavy atom. The topological polar surface area (TPSA) is 272 Å². The number of phenolic OH excluding ortho intramolecular Hbond substituents is 1. The number of fused-ring (bicyclic) bond motifs is 2. The van der Waals surface area contributed by atoms with Gasteiger partial charge in [-0.15, -0.1) is 10.2 Å². The van der Waals surface area contributed by atoms with Crippen LogP contribution < -0.4 is 9.50 Å². The van der Waals surface area contributed by atoms with E-state index in [2.05, 4.69) is 19.7 Å². The Balaban J connectivity index is 1.71. The van der Waals surface area contributed by atoms with Gasteiger partial charge < -0.3 is 28.3 Å². The predicted molar refractivity (Wildman–Crippen MR) is 185 cm³/mol. The number of nitrogens with zero attached hydrogens (tertiary/aromatic N) is 2. The zero-order valence-electron chi connectivity index (χ0n) is 26.9. The van der Waals surface area contributed by atoms with E-state index in [1.165, 1.54) is 24.3 Å². The summed E-state index contributed by atoms with van der Waals surface area (Å²) in [4.78, 5) is 10.7. The summed E-state index contributed by atoms with van der Waals surface area (Å²) in [7, 11) is -14.7. The van der Waals surface area contributed by atoms with Crippen molar-refractivity contribution in [2.24, 2.45) is 16.1 Å². The monoisotopic (exact) mass is 788 g/mol. The molecular formula is C32H26N3O13S4-3. The second kappa shape index (κ2) is 14.7. The molecule has 0 aliphatic carbocycles. The molecule has 0 bridgehead atoms. The first-order valence-electron chi connectivity index (χ1n) is 14.9. The number of sulfone groups is 1. The van der Waals surface area contributed by atoms with Crippen molar-refractivity contribution in [1.29, 1.82) is 0 Å². The minimum Gasteiger partial charge on any atom is -0.744 e. The first kappa shape index (κ1) is 38.4. The number of phenols is 1. The lowest BCUT2D eigenvalue weighted by molar-refractivity contribution is 0.102.